The molecule has 0 saturated carbocycles. The summed E-state index contributed by atoms with van der Waals surface area (Å²) in [7, 11) is 0. The summed E-state index contributed by atoms with van der Waals surface area (Å²) in [5, 5.41) is 0.777. The first kappa shape index (κ1) is 12.1. The van der Waals surface area contributed by atoms with Gasteiger partial charge in [-0.2, -0.15) is 0 Å². The van der Waals surface area contributed by atoms with Crippen LogP contribution in [0.1, 0.15) is 23.5 Å². The summed E-state index contributed by atoms with van der Waals surface area (Å²) in [5.74, 6) is 0.279. The van der Waals surface area contributed by atoms with Crippen molar-refractivity contribution in [2.45, 2.75) is 12.3 Å². The van der Waals surface area contributed by atoms with Crippen molar-refractivity contribution in [2.24, 2.45) is 0 Å². The van der Waals surface area contributed by atoms with Crippen LogP contribution in [0, 0.1) is 0 Å². The van der Waals surface area contributed by atoms with Gasteiger partial charge in [-0.15, -0.1) is 0 Å². The van der Waals surface area contributed by atoms with E-state index in [1.54, 1.807) is 12.4 Å². The fourth-order valence-electron chi connectivity index (χ4n) is 2.32. The average molecular weight is 269 g/mol. The molecular weight excluding hydrogens is 256 g/mol. The van der Waals surface area contributed by atoms with Gasteiger partial charge in [0.25, 0.3) is 0 Å². The van der Waals surface area contributed by atoms with E-state index < -0.39 is 0 Å². The van der Waals surface area contributed by atoms with Crippen LogP contribution in [0.3, 0.4) is 0 Å². The SMILES string of the molecule is ClC1=CC(c2cccnc2)CC(c2cccnc2)=C1. The predicted octanol–water partition coefficient (Wildman–Crippen LogP) is 4.17. The van der Waals surface area contributed by atoms with Crippen LogP contribution in [0.5, 0.6) is 0 Å². The van der Waals surface area contributed by atoms with Crippen LogP contribution in [-0.4, -0.2) is 9.97 Å². The molecule has 0 fully saturated rings. The van der Waals surface area contributed by atoms with Gasteiger partial charge in [-0.25, -0.2) is 0 Å². The maximum atomic E-state index is 6.25. The Morgan fingerprint density at radius 2 is 1.84 bits per heavy atom. The molecule has 1 aliphatic rings. The molecule has 1 atom stereocenters. The lowest BCUT2D eigenvalue weighted by atomic mass is 9.86. The molecule has 94 valence electrons. The number of hydrogen-bond acceptors (Lipinski definition) is 2. The second-order valence-corrected chi connectivity index (χ2v) is 5.00. The quantitative estimate of drug-likeness (QED) is 0.817. The number of halogens is 1. The van der Waals surface area contributed by atoms with Crippen molar-refractivity contribution < 1.29 is 0 Å². The van der Waals surface area contributed by atoms with Crippen LogP contribution in [-0.2, 0) is 0 Å². The summed E-state index contributed by atoms with van der Waals surface area (Å²) < 4.78 is 0. The van der Waals surface area contributed by atoms with Crippen molar-refractivity contribution >= 4 is 17.2 Å². The lowest BCUT2D eigenvalue weighted by Crippen LogP contribution is -2.02. The summed E-state index contributed by atoms with van der Waals surface area (Å²) in [6.45, 7) is 0. The molecule has 0 saturated heterocycles. The molecule has 3 rings (SSSR count). The first-order valence-electron chi connectivity index (χ1n) is 6.21. The standard InChI is InChI=1S/C16H13ClN2/c17-16-8-14(12-3-1-5-18-10-12)7-15(9-16)13-4-2-6-19-11-13/h1-6,8-11,14H,7H2. The van der Waals surface area contributed by atoms with Gasteiger partial charge in [-0.3, -0.25) is 9.97 Å². The molecule has 1 unspecified atom stereocenters. The van der Waals surface area contributed by atoms with Crippen LogP contribution in [0.4, 0.5) is 0 Å². The second-order valence-electron chi connectivity index (χ2n) is 4.56. The zero-order valence-electron chi connectivity index (χ0n) is 10.3. The first-order chi connectivity index (χ1) is 9.33. The van der Waals surface area contributed by atoms with Gasteiger partial charge in [0, 0.05) is 35.7 Å². The maximum Gasteiger partial charge on any atom is 0.0375 e. The van der Waals surface area contributed by atoms with E-state index in [2.05, 4.69) is 28.2 Å². The Balaban J connectivity index is 1.92. The lowest BCUT2D eigenvalue weighted by Gasteiger charge is -2.20. The molecule has 0 radical (unpaired) electrons. The predicted molar refractivity (Wildman–Crippen MR) is 77.7 cm³/mol. The number of hydrogen-bond donors (Lipinski definition) is 0. The van der Waals surface area contributed by atoms with E-state index in [1.165, 1.54) is 11.1 Å². The van der Waals surface area contributed by atoms with Crippen molar-refractivity contribution in [1.82, 2.24) is 9.97 Å². The molecule has 3 heteroatoms. The van der Waals surface area contributed by atoms with Crippen LogP contribution < -0.4 is 0 Å². The Hall–Kier alpha value is -1.93. The fraction of sp³-hybridized carbons (Fsp3) is 0.125. The Labute approximate surface area is 117 Å². The molecule has 2 heterocycles. The smallest absolute Gasteiger partial charge is 0.0375 e. The number of pyridine rings is 2. The molecule has 0 aliphatic heterocycles. The highest BCUT2D eigenvalue weighted by atomic mass is 35.5. The van der Waals surface area contributed by atoms with E-state index in [1.807, 2.05) is 30.6 Å². The van der Waals surface area contributed by atoms with Crippen LogP contribution >= 0.6 is 11.6 Å². The Bertz CT molecular complexity index is 618. The minimum Gasteiger partial charge on any atom is -0.264 e. The Kier molecular flexibility index (Phi) is 3.43. The van der Waals surface area contributed by atoms with Gasteiger partial charge in [0.05, 0.1) is 0 Å². The highest BCUT2D eigenvalue weighted by Crippen LogP contribution is 2.36. The van der Waals surface area contributed by atoms with Crippen LogP contribution in [0.2, 0.25) is 0 Å². The Morgan fingerprint density at radius 3 is 2.53 bits per heavy atom. The van der Waals surface area contributed by atoms with Crippen LogP contribution in [0.15, 0.2) is 66.2 Å². The van der Waals surface area contributed by atoms with Gasteiger partial charge in [0.1, 0.15) is 0 Å². The van der Waals surface area contributed by atoms with Gasteiger partial charge in [0.15, 0.2) is 0 Å². The van der Waals surface area contributed by atoms with Crippen molar-refractivity contribution in [2.75, 3.05) is 0 Å². The number of aromatic nitrogens is 2. The van der Waals surface area contributed by atoms with E-state index >= 15 is 0 Å². The third-order valence-corrected chi connectivity index (χ3v) is 3.49. The highest BCUT2D eigenvalue weighted by Gasteiger charge is 2.17. The minimum absolute atomic E-state index is 0.279. The van der Waals surface area contributed by atoms with Gasteiger partial charge in [-0.1, -0.05) is 29.8 Å². The summed E-state index contributed by atoms with van der Waals surface area (Å²) in [5.41, 5.74) is 3.53. The van der Waals surface area contributed by atoms with E-state index in [9.17, 15) is 0 Å². The van der Waals surface area contributed by atoms with Crippen molar-refractivity contribution in [3.63, 3.8) is 0 Å². The minimum atomic E-state index is 0.279. The largest absolute Gasteiger partial charge is 0.264 e. The van der Waals surface area contributed by atoms with E-state index in [-0.39, 0.29) is 5.92 Å². The zero-order chi connectivity index (χ0) is 13.1. The molecule has 2 aromatic heterocycles. The van der Waals surface area contributed by atoms with E-state index in [4.69, 9.17) is 11.6 Å². The van der Waals surface area contributed by atoms with Gasteiger partial charge < -0.3 is 0 Å². The highest BCUT2D eigenvalue weighted by molar-refractivity contribution is 6.32. The number of allylic oxidation sites excluding steroid dienone is 4. The summed E-state index contributed by atoms with van der Waals surface area (Å²) in [4.78, 5) is 8.35. The third-order valence-electron chi connectivity index (χ3n) is 3.26. The van der Waals surface area contributed by atoms with Crippen molar-refractivity contribution in [1.29, 1.82) is 0 Å². The number of nitrogens with zero attached hydrogens (tertiary/aromatic N) is 2. The summed E-state index contributed by atoms with van der Waals surface area (Å²) in [6.07, 6.45) is 12.4. The summed E-state index contributed by atoms with van der Waals surface area (Å²) >= 11 is 6.25. The first-order valence-corrected chi connectivity index (χ1v) is 6.59. The van der Waals surface area contributed by atoms with Gasteiger partial charge in [-0.05, 0) is 41.3 Å². The molecule has 19 heavy (non-hydrogen) atoms. The molecule has 0 spiro atoms. The fourth-order valence-corrected chi connectivity index (χ4v) is 2.61. The van der Waals surface area contributed by atoms with E-state index in [0.717, 1.165) is 17.0 Å². The molecule has 0 amide bonds. The van der Waals surface area contributed by atoms with Gasteiger partial charge in [0.2, 0.25) is 0 Å². The molecule has 1 aliphatic carbocycles. The number of rotatable bonds is 2. The molecule has 2 nitrogen and oxygen atoms in total. The molecular formula is C16H13ClN2. The van der Waals surface area contributed by atoms with Crippen molar-refractivity contribution in [3.8, 4) is 0 Å². The average Bonchev–Trinajstić information content (AvgIpc) is 2.48. The molecule has 0 N–H and O–H groups in total. The molecule has 2 aromatic rings. The topological polar surface area (TPSA) is 25.8 Å². The third kappa shape index (κ3) is 2.74. The van der Waals surface area contributed by atoms with E-state index in [0.29, 0.717) is 0 Å². The molecule has 0 bridgehead atoms. The second kappa shape index (κ2) is 5.37. The molecule has 0 aromatic carbocycles. The maximum absolute atomic E-state index is 6.25. The summed E-state index contributed by atoms with van der Waals surface area (Å²) in [6, 6.07) is 8.06. The monoisotopic (exact) mass is 268 g/mol. The van der Waals surface area contributed by atoms with Crippen LogP contribution in [0.25, 0.3) is 5.57 Å². The Morgan fingerprint density at radius 1 is 1.05 bits per heavy atom. The lowest BCUT2D eigenvalue weighted by molar-refractivity contribution is 0.856. The zero-order valence-corrected chi connectivity index (χ0v) is 11.1. The van der Waals surface area contributed by atoms with Crippen molar-refractivity contribution in [3.05, 3.63) is 77.4 Å². The normalized spacial score (nSPS) is 18.7. The van der Waals surface area contributed by atoms with Gasteiger partial charge >= 0.3 is 0 Å².